The molecule has 0 radical (unpaired) electrons. The lowest BCUT2D eigenvalue weighted by Crippen LogP contribution is -2.42. The van der Waals surface area contributed by atoms with Gasteiger partial charge in [0.1, 0.15) is 5.75 Å². The molecule has 1 fully saturated rings. The molecule has 0 bridgehead atoms. The standard InChI is InChI=1S/C12H10ClF3O3/c13-8-5-6(11(10(18)19)2-1-3-11)4-7(9(8)17)12(14,15)16/h4-5,17H,1-3H2,(H,18,19). The Labute approximate surface area is 111 Å². The average Bonchev–Trinajstić information content (AvgIpc) is 2.18. The van der Waals surface area contributed by atoms with Crippen molar-refractivity contribution in [1.82, 2.24) is 0 Å². The Hall–Kier alpha value is -1.43. The molecule has 0 heterocycles. The molecule has 0 unspecified atom stereocenters. The summed E-state index contributed by atoms with van der Waals surface area (Å²) in [6.07, 6.45) is -3.62. The SMILES string of the molecule is O=C(O)C1(c2cc(Cl)c(O)c(C(F)(F)F)c2)CCC1. The zero-order chi connectivity index (χ0) is 14.4. The molecule has 0 spiro atoms. The van der Waals surface area contributed by atoms with E-state index in [1.165, 1.54) is 0 Å². The third kappa shape index (κ3) is 2.14. The minimum Gasteiger partial charge on any atom is -0.506 e. The van der Waals surface area contributed by atoms with E-state index in [1.54, 1.807) is 0 Å². The quantitative estimate of drug-likeness (QED) is 0.876. The number of aromatic hydroxyl groups is 1. The van der Waals surface area contributed by atoms with Crippen LogP contribution < -0.4 is 0 Å². The average molecular weight is 295 g/mol. The van der Waals surface area contributed by atoms with E-state index in [-0.39, 0.29) is 18.4 Å². The number of halogens is 4. The number of phenolic OH excluding ortho intramolecular Hbond substituents is 1. The minimum absolute atomic E-state index is 0.0126. The van der Waals surface area contributed by atoms with Gasteiger partial charge in [-0.05, 0) is 30.5 Å². The Balaban J connectivity index is 2.60. The number of phenols is 1. The van der Waals surface area contributed by atoms with E-state index in [9.17, 15) is 28.2 Å². The van der Waals surface area contributed by atoms with Gasteiger partial charge in [-0.25, -0.2) is 0 Å². The lowest BCUT2D eigenvalue weighted by Gasteiger charge is -2.38. The fourth-order valence-electron chi connectivity index (χ4n) is 2.25. The van der Waals surface area contributed by atoms with Crippen molar-refractivity contribution in [2.24, 2.45) is 0 Å². The normalized spacial score (nSPS) is 17.9. The number of benzene rings is 1. The molecule has 19 heavy (non-hydrogen) atoms. The van der Waals surface area contributed by atoms with Gasteiger partial charge in [0.25, 0.3) is 0 Å². The van der Waals surface area contributed by atoms with E-state index in [0.717, 1.165) is 6.07 Å². The highest BCUT2D eigenvalue weighted by Crippen LogP contribution is 2.48. The van der Waals surface area contributed by atoms with Gasteiger partial charge in [-0.3, -0.25) is 4.79 Å². The molecule has 1 aliphatic rings. The van der Waals surface area contributed by atoms with Gasteiger partial charge in [-0.1, -0.05) is 18.0 Å². The van der Waals surface area contributed by atoms with E-state index in [1.807, 2.05) is 0 Å². The van der Waals surface area contributed by atoms with Gasteiger partial charge in [0, 0.05) is 0 Å². The molecule has 0 aliphatic heterocycles. The Morgan fingerprint density at radius 2 is 1.89 bits per heavy atom. The van der Waals surface area contributed by atoms with Crippen LogP contribution in [0.4, 0.5) is 13.2 Å². The molecule has 0 aromatic heterocycles. The van der Waals surface area contributed by atoms with Gasteiger partial charge < -0.3 is 10.2 Å². The summed E-state index contributed by atoms with van der Waals surface area (Å²) in [6, 6.07) is 1.77. The summed E-state index contributed by atoms with van der Waals surface area (Å²) in [5.74, 6) is -2.24. The topological polar surface area (TPSA) is 57.5 Å². The molecule has 1 aliphatic carbocycles. The maximum atomic E-state index is 12.8. The maximum absolute atomic E-state index is 12.8. The molecule has 104 valence electrons. The molecule has 2 rings (SSSR count). The number of hydrogen-bond acceptors (Lipinski definition) is 2. The van der Waals surface area contributed by atoms with Gasteiger partial charge in [-0.15, -0.1) is 0 Å². The van der Waals surface area contributed by atoms with E-state index in [4.69, 9.17) is 11.6 Å². The monoisotopic (exact) mass is 294 g/mol. The summed E-state index contributed by atoms with van der Waals surface area (Å²) < 4.78 is 38.3. The summed E-state index contributed by atoms with van der Waals surface area (Å²) in [6.45, 7) is 0. The number of alkyl halides is 3. The number of carboxylic acid groups (broad SMARTS) is 1. The Morgan fingerprint density at radius 3 is 2.26 bits per heavy atom. The van der Waals surface area contributed by atoms with Gasteiger partial charge in [0.05, 0.1) is 16.0 Å². The van der Waals surface area contributed by atoms with Crippen molar-refractivity contribution >= 4 is 17.6 Å². The van der Waals surface area contributed by atoms with Crippen molar-refractivity contribution in [3.63, 3.8) is 0 Å². The van der Waals surface area contributed by atoms with Crippen LogP contribution in [0.15, 0.2) is 12.1 Å². The van der Waals surface area contributed by atoms with Crippen LogP contribution in [0.2, 0.25) is 5.02 Å². The smallest absolute Gasteiger partial charge is 0.420 e. The number of hydrogen-bond donors (Lipinski definition) is 2. The van der Waals surface area contributed by atoms with Crippen LogP contribution in [-0.2, 0) is 16.4 Å². The summed E-state index contributed by atoms with van der Waals surface area (Å²) >= 11 is 5.57. The Morgan fingerprint density at radius 1 is 1.32 bits per heavy atom. The van der Waals surface area contributed by atoms with Crippen LogP contribution in [0.5, 0.6) is 5.75 Å². The fraction of sp³-hybridized carbons (Fsp3) is 0.417. The van der Waals surface area contributed by atoms with Crippen molar-refractivity contribution in [2.45, 2.75) is 30.9 Å². The largest absolute Gasteiger partial charge is 0.506 e. The van der Waals surface area contributed by atoms with E-state index < -0.39 is 33.9 Å². The van der Waals surface area contributed by atoms with Crippen LogP contribution in [0.3, 0.4) is 0 Å². The second kappa shape index (κ2) is 4.30. The van der Waals surface area contributed by atoms with Crippen LogP contribution in [0, 0.1) is 0 Å². The third-order valence-corrected chi connectivity index (χ3v) is 3.83. The predicted octanol–water partition coefficient (Wildman–Crippen LogP) is 3.57. The van der Waals surface area contributed by atoms with Crippen LogP contribution in [0.25, 0.3) is 0 Å². The highest BCUT2D eigenvalue weighted by Gasteiger charge is 2.47. The van der Waals surface area contributed by atoms with Gasteiger partial charge >= 0.3 is 12.1 Å². The molecule has 1 aromatic carbocycles. The molecule has 0 amide bonds. The second-order valence-electron chi connectivity index (χ2n) is 4.59. The lowest BCUT2D eigenvalue weighted by molar-refractivity contribution is -0.148. The second-order valence-corrected chi connectivity index (χ2v) is 5.00. The molecule has 1 saturated carbocycles. The van der Waals surface area contributed by atoms with E-state index >= 15 is 0 Å². The number of carboxylic acids is 1. The van der Waals surface area contributed by atoms with E-state index in [2.05, 4.69) is 0 Å². The lowest BCUT2D eigenvalue weighted by atomic mass is 9.64. The van der Waals surface area contributed by atoms with Crippen molar-refractivity contribution in [3.8, 4) is 5.75 Å². The Kier molecular flexibility index (Phi) is 3.16. The number of aliphatic carboxylic acids is 1. The summed E-state index contributed by atoms with van der Waals surface area (Å²) in [5, 5.41) is 18.1. The summed E-state index contributed by atoms with van der Waals surface area (Å²) in [4.78, 5) is 11.3. The van der Waals surface area contributed by atoms with Crippen molar-refractivity contribution in [3.05, 3.63) is 28.3 Å². The predicted molar refractivity (Wildman–Crippen MR) is 61.3 cm³/mol. The first-order valence-electron chi connectivity index (χ1n) is 5.52. The molecule has 7 heteroatoms. The fourth-order valence-corrected chi connectivity index (χ4v) is 2.47. The first-order valence-corrected chi connectivity index (χ1v) is 5.90. The molecular formula is C12H10ClF3O3. The van der Waals surface area contributed by atoms with Gasteiger partial charge in [0.15, 0.2) is 0 Å². The summed E-state index contributed by atoms with van der Waals surface area (Å²) in [7, 11) is 0. The molecule has 1 aromatic rings. The highest BCUT2D eigenvalue weighted by atomic mass is 35.5. The van der Waals surface area contributed by atoms with E-state index in [0.29, 0.717) is 12.5 Å². The van der Waals surface area contributed by atoms with Gasteiger partial charge in [0.2, 0.25) is 0 Å². The molecule has 2 N–H and O–H groups in total. The van der Waals surface area contributed by atoms with Crippen molar-refractivity contribution < 1.29 is 28.2 Å². The first-order chi connectivity index (χ1) is 8.68. The van der Waals surface area contributed by atoms with Gasteiger partial charge in [-0.2, -0.15) is 13.2 Å². The van der Waals surface area contributed by atoms with Crippen LogP contribution in [0.1, 0.15) is 30.4 Å². The zero-order valence-corrected chi connectivity index (χ0v) is 10.3. The molecule has 0 atom stereocenters. The first kappa shape index (κ1) is 14.0. The summed E-state index contributed by atoms with van der Waals surface area (Å²) in [5.41, 5.74) is -2.64. The Bertz CT molecular complexity index is 536. The van der Waals surface area contributed by atoms with Crippen molar-refractivity contribution in [1.29, 1.82) is 0 Å². The van der Waals surface area contributed by atoms with Crippen LogP contribution >= 0.6 is 11.6 Å². The highest BCUT2D eigenvalue weighted by molar-refractivity contribution is 6.32. The molecule has 3 nitrogen and oxygen atoms in total. The van der Waals surface area contributed by atoms with Crippen molar-refractivity contribution in [2.75, 3.05) is 0 Å². The number of rotatable bonds is 2. The molecular weight excluding hydrogens is 285 g/mol. The molecule has 0 saturated heterocycles. The van der Waals surface area contributed by atoms with Crippen LogP contribution in [-0.4, -0.2) is 16.2 Å². The number of carbonyl (C=O) groups is 1. The maximum Gasteiger partial charge on any atom is 0.420 e. The minimum atomic E-state index is -4.78. The zero-order valence-electron chi connectivity index (χ0n) is 9.59. The third-order valence-electron chi connectivity index (χ3n) is 3.54.